The Bertz CT molecular complexity index is 1660. The summed E-state index contributed by atoms with van der Waals surface area (Å²) >= 11 is 0. The molecule has 41 heavy (non-hydrogen) atoms. The lowest BCUT2D eigenvalue weighted by Crippen LogP contribution is -1.90. The van der Waals surface area contributed by atoms with E-state index in [-0.39, 0.29) is 0 Å². The molecule has 0 aliphatic carbocycles. The van der Waals surface area contributed by atoms with Crippen molar-refractivity contribution in [1.82, 2.24) is 0 Å². The number of benzene rings is 4. The molecule has 0 heteroatoms. The van der Waals surface area contributed by atoms with Gasteiger partial charge in [0.25, 0.3) is 0 Å². The molecule has 0 heterocycles. The molecule has 0 atom stereocenters. The Kier molecular flexibility index (Phi) is 11.1. The van der Waals surface area contributed by atoms with Crippen molar-refractivity contribution in [1.29, 1.82) is 0 Å². The van der Waals surface area contributed by atoms with Crippen LogP contribution in [0, 0.1) is 6.92 Å². The molecule has 0 amide bonds. The molecule has 0 saturated carbocycles. The van der Waals surface area contributed by atoms with Crippen LogP contribution >= 0.6 is 0 Å². The van der Waals surface area contributed by atoms with E-state index in [1.54, 1.807) is 0 Å². The number of aryl methyl sites for hydroxylation is 1. The topological polar surface area (TPSA) is 0 Å². The maximum atomic E-state index is 4.19. The molecule has 202 valence electrons. The van der Waals surface area contributed by atoms with Crippen LogP contribution in [-0.2, 0) is 6.42 Å². The normalized spacial score (nSPS) is 13.4. The van der Waals surface area contributed by atoms with Gasteiger partial charge in [-0.2, -0.15) is 0 Å². The average Bonchev–Trinajstić information content (AvgIpc) is 3.01. The highest BCUT2D eigenvalue weighted by atomic mass is 14.1. The van der Waals surface area contributed by atoms with E-state index in [2.05, 4.69) is 159 Å². The minimum Gasteiger partial charge on any atom is -0.0984 e. The predicted molar refractivity (Wildman–Crippen MR) is 182 cm³/mol. The number of hydrogen-bond acceptors (Lipinski definition) is 0. The van der Waals surface area contributed by atoms with Gasteiger partial charge in [0.2, 0.25) is 0 Å². The van der Waals surface area contributed by atoms with Crippen molar-refractivity contribution in [2.45, 2.75) is 20.3 Å². The largest absolute Gasteiger partial charge is 0.0984 e. The Hall–Kier alpha value is -4.94. The van der Waals surface area contributed by atoms with Gasteiger partial charge in [-0.1, -0.05) is 182 Å². The monoisotopic (exact) mass is 530 g/mol. The first-order valence-electron chi connectivity index (χ1n) is 14.2. The van der Waals surface area contributed by atoms with E-state index in [0.717, 1.165) is 23.1 Å². The predicted octanol–water partition coefficient (Wildman–Crippen LogP) is 11.2. The summed E-state index contributed by atoms with van der Waals surface area (Å²) in [4.78, 5) is 0. The third kappa shape index (κ3) is 8.52. The molecule has 0 aromatic heterocycles. The zero-order valence-electron chi connectivity index (χ0n) is 24.1. The minimum absolute atomic E-state index is 0.891. The lowest BCUT2D eigenvalue weighted by molar-refractivity contribution is 1.25. The third-order valence-electron chi connectivity index (χ3n) is 6.79. The standard InChI is InChI=1S/C41H38/c1-4-6-7-9-23-37(36-24-10-8-11-25-36)27-17-30-39(41-31-18-28-38-26-14-15-29-40(38)41)35(5-2)22-13-12-20-34-21-16-19-33(3)32-34/h4-19,21-32H,2,20H2,1,3H3/b6-4+,9-7+,13-12-,27-17-,35-22+,37-23+,39-30-. The number of hydrogen-bond donors (Lipinski definition) is 0. The maximum absolute atomic E-state index is 4.19. The summed E-state index contributed by atoms with van der Waals surface area (Å²) in [5, 5.41) is 2.44. The van der Waals surface area contributed by atoms with Crippen LogP contribution in [0.2, 0.25) is 0 Å². The van der Waals surface area contributed by atoms with E-state index in [1.807, 2.05) is 31.2 Å². The molecule has 0 saturated heterocycles. The fraction of sp³-hybridized carbons (Fsp3) is 0.0732. The van der Waals surface area contributed by atoms with E-state index in [9.17, 15) is 0 Å². The zero-order valence-corrected chi connectivity index (χ0v) is 24.1. The molecule has 0 aliphatic rings. The third-order valence-corrected chi connectivity index (χ3v) is 6.79. The Morgan fingerprint density at radius 3 is 2.29 bits per heavy atom. The van der Waals surface area contributed by atoms with E-state index < -0.39 is 0 Å². The number of fused-ring (bicyclic) bond motifs is 1. The average molecular weight is 531 g/mol. The first-order valence-corrected chi connectivity index (χ1v) is 14.2. The van der Waals surface area contributed by atoms with Crippen molar-refractivity contribution in [3.05, 3.63) is 204 Å². The Labute approximate surface area is 246 Å². The van der Waals surface area contributed by atoms with Crippen molar-refractivity contribution in [3.63, 3.8) is 0 Å². The summed E-state index contributed by atoms with van der Waals surface area (Å²) < 4.78 is 0. The second kappa shape index (κ2) is 15.6. The quantitative estimate of drug-likeness (QED) is 0.169. The highest BCUT2D eigenvalue weighted by molar-refractivity contribution is 5.99. The molecular weight excluding hydrogens is 492 g/mol. The van der Waals surface area contributed by atoms with Crippen LogP contribution in [0.4, 0.5) is 0 Å². The summed E-state index contributed by atoms with van der Waals surface area (Å²) in [6, 6.07) is 34.2. The second-order valence-corrected chi connectivity index (χ2v) is 9.81. The smallest absolute Gasteiger partial charge is 0.00942 e. The molecule has 4 aromatic rings. The molecule has 0 unspecified atom stereocenters. The highest BCUT2D eigenvalue weighted by Gasteiger charge is 2.08. The first-order chi connectivity index (χ1) is 20.2. The van der Waals surface area contributed by atoms with Gasteiger partial charge in [-0.3, -0.25) is 0 Å². The summed E-state index contributed by atoms with van der Waals surface area (Å²) in [5.74, 6) is 0. The summed E-state index contributed by atoms with van der Waals surface area (Å²) in [5.41, 5.74) is 8.30. The van der Waals surface area contributed by atoms with Gasteiger partial charge in [0, 0.05) is 0 Å². The molecule has 0 bridgehead atoms. The van der Waals surface area contributed by atoms with Gasteiger partial charge in [-0.05, 0) is 64.5 Å². The van der Waals surface area contributed by atoms with Gasteiger partial charge in [0.1, 0.15) is 0 Å². The number of rotatable bonds is 11. The SMILES string of the molecule is C=CC(=C\C=C/Cc1cccc(C)c1)/C(=C/C=C\C(=C/C=C/C=C/C)c1ccccc1)c1cccc2ccccc12. The van der Waals surface area contributed by atoms with Crippen molar-refractivity contribution < 1.29 is 0 Å². The minimum atomic E-state index is 0.891. The van der Waals surface area contributed by atoms with Crippen LogP contribution < -0.4 is 0 Å². The van der Waals surface area contributed by atoms with Gasteiger partial charge in [0.05, 0.1) is 0 Å². The van der Waals surface area contributed by atoms with Crippen LogP contribution in [0.25, 0.3) is 21.9 Å². The molecule has 0 N–H and O–H groups in total. The van der Waals surface area contributed by atoms with E-state index >= 15 is 0 Å². The van der Waals surface area contributed by atoms with E-state index in [1.165, 1.54) is 33.0 Å². The fourth-order valence-corrected chi connectivity index (χ4v) is 4.75. The van der Waals surface area contributed by atoms with Crippen LogP contribution in [-0.4, -0.2) is 0 Å². The van der Waals surface area contributed by atoms with Crippen LogP contribution in [0.15, 0.2) is 182 Å². The van der Waals surface area contributed by atoms with Crippen LogP contribution in [0.5, 0.6) is 0 Å². The summed E-state index contributed by atoms with van der Waals surface area (Å²) in [7, 11) is 0. The lowest BCUT2D eigenvalue weighted by Gasteiger charge is -2.12. The fourth-order valence-electron chi connectivity index (χ4n) is 4.75. The van der Waals surface area contributed by atoms with Gasteiger partial charge < -0.3 is 0 Å². The van der Waals surface area contributed by atoms with Gasteiger partial charge in [0.15, 0.2) is 0 Å². The van der Waals surface area contributed by atoms with Gasteiger partial charge >= 0.3 is 0 Å². The first kappa shape index (κ1) is 29.1. The second-order valence-electron chi connectivity index (χ2n) is 9.81. The van der Waals surface area contributed by atoms with Crippen LogP contribution in [0.3, 0.4) is 0 Å². The van der Waals surface area contributed by atoms with E-state index in [0.29, 0.717) is 0 Å². The number of allylic oxidation sites excluding steroid dienone is 15. The maximum Gasteiger partial charge on any atom is -0.00942 e. The Morgan fingerprint density at radius 1 is 0.707 bits per heavy atom. The molecule has 0 nitrogen and oxygen atoms in total. The van der Waals surface area contributed by atoms with Gasteiger partial charge in [-0.25, -0.2) is 0 Å². The summed E-state index contributed by atoms with van der Waals surface area (Å²) in [6.45, 7) is 8.35. The van der Waals surface area contributed by atoms with Crippen LogP contribution in [0.1, 0.15) is 29.2 Å². The Morgan fingerprint density at radius 2 is 1.49 bits per heavy atom. The van der Waals surface area contributed by atoms with Crippen molar-refractivity contribution in [2.75, 3.05) is 0 Å². The summed E-state index contributed by atoms with van der Waals surface area (Å²) in [6.07, 6.45) is 26.2. The zero-order chi connectivity index (χ0) is 28.7. The molecule has 0 fully saturated rings. The molecule has 0 spiro atoms. The molecule has 4 rings (SSSR count). The van der Waals surface area contributed by atoms with E-state index in [4.69, 9.17) is 0 Å². The van der Waals surface area contributed by atoms with Crippen molar-refractivity contribution in [3.8, 4) is 0 Å². The molecular formula is C41H38. The van der Waals surface area contributed by atoms with Crippen molar-refractivity contribution >= 4 is 21.9 Å². The lowest BCUT2D eigenvalue weighted by atomic mass is 9.92. The van der Waals surface area contributed by atoms with Crippen molar-refractivity contribution in [2.24, 2.45) is 0 Å². The van der Waals surface area contributed by atoms with Gasteiger partial charge in [-0.15, -0.1) is 0 Å². The molecule has 0 aliphatic heterocycles. The Balaban J connectivity index is 1.74. The highest BCUT2D eigenvalue weighted by Crippen LogP contribution is 2.31. The molecule has 0 radical (unpaired) electrons. The molecule has 4 aromatic carbocycles.